The van der Waals surface area contributed by atoms with Crippen molar-refractivity contribution < 1.29 is 9.63 Å². The van der Waals surface area contributed by atoms with Gasteiger partial charge in [-0.3, -0.25) is 9.78 Å². The zero-order valence-electron chi connectivity index (χ0n) is 22.4. The van der Waals surface area contributed by atoms with E-state index < -0.39 is 0 Å². The Hall–Kier alpha value is -2.56. The Morgan fingerprint density at radius 2 is 1.79 bits per heavy atom. The summed E-state index contributed by atoms with van der Waals surface area (Å²) in [5, 5.41) is 12.9. The number of rotatable bonds is 5. The van der Waals surface area contributed by atoms with Crippen LogP contribution in [0.15, 0.2) is 18.5 Å². The van der Waals surface area contributed by atoms with Crippen LogP contribution in [0.4, 0.5) is 23.0 Å². The summed E-state index contributed by atoms with van der Waals surface area (Å²) in [7, 11) is 1.69. The number of hydrogen-bond acceptors (Lipinski definition) is 8. The molecule has 4 heterocycles. The van der Waals surface area contributed by atoms with Crippen molar-refractivity contribution in [3.05, 3.63) is 24.0 Å². The minimum Gasteiger partial charge on any atom is -0.381 e. The second-order valence-corrected chi connectivity index (χ2v) is 11.3. The standard InChI is InChI=1S/C27H41ClN8O2/c1-38-35-15-13-34(14-16-35)22-11-12-30-18-21(22)32-27(37)23-25(29)33-36-24(20(28)17-31-26(23)36)19-9-7-5-3-2-4-6-8-10-19/h11-12,18-20,24,31H,2-10,13-17H2,1H3,(H2,29,33)(H,32,37). The number of aromatic nitrogens is 3. The van der Waals surface area contributed by atoms with Crippen LogP contribution in [-0.2, 0) is 4.84 Å². The molecule has 208 valence electrons. The highest BCUT2D eigenvalue weighted by atomic mass is 35.5. The molecule has 1 saturated heterocycles. The maximum atomic E-state index is 13.7. The van der Waals surface area contributed by atoms with Crippen LogP contribution in [0.3, 0.4) is 0 Å². The number of amides is 1. The second kappa shape index (κ2) is 12.5. The molecule has 0 aromatic carbocycles. The Balaban J connectivity index is 1.37. The van der Waals surface area contributed by atoms with Gasteiger partial charge in [0, 0.05) is 38.9 Å². The molecule has 1 aliphatic carbocycles. The molecule has 2 aromatic rings. The predicted octanol–water partition coefficient (Wildman–Crippen LogP) is 4.51. The van der Waals surface area contributed by atoms with E-state index in [4.69, 9.17) is 22.2 Å². The van der Waals surface area contributed by atoms with Gasteiger partial charge in [0.25, 0.3) is 5.91 Å². The Kier molecular flexibility index (Phi) is 8.91. The van der Waals surface area contributed by atoms with Crippen molar-refractivity contribution in [2.75, 3.05) is 61.1 Å². The number of halogens is 1. The zero-order valence-corrected chi connectivity index (χ0v) is 23.1. The number of nitrogen functional groups attached to an aromatic ring is 1. The van der Waals surface area contributed by atoms with Gasteiger partial charge in [-0.25, -0.2) is 4.68 Å². The molecule has 3 aliphatic rings. The van der Waals surface area contributed by atoms with E-state index in [0.717, 1.165) is 44.7 Å². The molecule has 2 fully saturated rings. The molecule has 1 amide bonds. The third-order valence-corrected chi connectivity index (χ3v) is 8.71. The smallest absolute Gasteiger partial charge is 0.263 e. The molecule has 5 rings (SSSR count). The summed E-state index contributed by atoms with van der Waals surface area (Å²) < 4.78 is 1.91. The topological polar surface area (TPSA) is 114 Å². The van der Waals surface area contributed by atoms with Gasteiger partial charge in [0.2, 0.25) is 0 Å². The third kappa shape index (κ3) is 5.87. The molecule has 1 saturated carbocycles. The van der Waals surface area contributed by atoms with E-state index in [1.54, 1.807) is 19.5 Å². The summed E-state index contributed by atoms with van der Waals surface area (Å²) in [5.41, 5.74) is 8.36. The van der Waals surface area contributed by atoms with Crippen molar-refractivity contribution in [3.8, 4) is 0 Å². The lowest BCUT2D eigenvalue weighted by molar-refractivity contribution is -0.133. The molecule has 2 unspecified atom stereocenters. The minimum atomic E-state index is -0.293. The summed E-state index contributed by atoms with van der Waals surface area (Å²) in [5.74, 6) is 1.01. The van der Waals surface area contributed by atoms with Gasteiger partial charge in [0.15, 0.2) is 5.82 Å². The van der Waals surface area contributed by atoms with Crippen LogP contribution in [0.25, 0.3) is 0 Å². The maximum absolute atomic E-state index is 13.7. The molecule has 0 radical (unpaired) electrons. The zero-order chi connectivity index (χ0) is 26.5. The summed E-state index contributed by atoms with van der Waals surface area (Å²) in [4.78, 5) is 25.5. The van der Waals surface area contributed by atoms with E-state index in [2.05, 4.69) is 25.6 Å². The van der Waals surface area contributed by atoms with Crippen LogP contribution >= 0.6 is 11.6 Å². The quantitative estimate of drug-likeness (QED) is 0.471. The van der Waals surface area contributed by atoms with Crippen molar-refractivity contribution in [2.24, 2.45) is 5.92 Å². The summed E-state index contributed by atoms with van der Waals surface area (Å²) in [6.07, 6.45) is 14.6. The molecule has 2 aliphatic heterocycles. The third-order valence-electron chi connectivity index (χ3n) is 8.30. The number of carbonyl (C=O) groups excluding carboxylic acids is 1. The first-order valence-electron chi connectivity index (χ1n) is 14.1. The molecule has 38 heavy (non-hydrogen) atoms. The number of nitrogens with two attached hydrogens (primary N) is 1. The van der Waals surface area contributed by atoms with E-state index in [9.17, 15) is 4.79 Å². The van der Waals surface area contributed by atoms with Crippen LogP contribution < -0.4 is 21.3 Å². The molecule has 0 bridgehead atoms. The van der Waals surface area contributed by atoms with E-state index in [1.165, 1.54) is 44.9 Å². The average Bonchev–Trinajstić information content (AvgIpc) is 3.28. The molecular formula is C27H41ClN8O2. The Morgan fingerprint density at radius 1 is 1.11 bits per heavy atom. The van der Waals surface area contributed by atoms with Gasteiger partial charge in [-0.1, -0.05) is 44.9 Å². The molecular weight excluding hydrogens is 504 g/mol. The highest BCUT2D eigenvalue weighted by Crippen LogP contribution is 2.41. The second-order valence-electron chi connectivity index (χ2n) is 10.7. The lowest BCUT2D eigenvalue weighted by atomic mass is 9.84. The molecule has 0 spiro atoms. The number of hydroxylamine groups is 2. The predicted molar refractivity (Wildman–Crippen MR) is 152 cm³/mol. The maximum Gasteiger partial charge on any atom is 0.263 e. The largest absolute Gasteiger partial charge is 0.381 e. The van der Waals surface area contributed by atoms with Crippen molar-refractivity contribution in [1.82, 2.24) is 19.8 Å². The summed E-state index contributed by atoms with van der Waals surface area (Å²) in [6, 6.07) is 1.95. The number of fused-ring (bicyclic) bond motifs is 1. The monoisotopic (exact) mass is 544 g/mol. The molecule has 11 heteroatoms. The Bertz CT molecular complexity index is 1080. The van der Waals surface area contributed by atoms with E-state index in [-0.39, 0.29) is 23.1 Å². The Morgan fingerprint density at radius 3 is 2.47 bits per heavy atom. The minimum absolute atomic E-state index is 0.0160. The average molecular weight is 545 g/mol. The van der Waals surface area contributed by atoms with Crippen LogP contribution in [0.1, 0.15) is 74.2 Å². The highest BCUT2D eigenvalue weighted by molar-refractivity contribution is 6.21. The van der Waals surface area contributed by atoms with Crippen LogP contribution in [0.2, 0.25) is 0 Å². The number of carbonyl (C=O) groups is 1. The first-order valence-corrected chi connectivity index (χ1v) is 14.6. The number of pyridine rings is 1. The SMILES string of the molecule is CON1CCN(c2ccncc2NC(=O)c2c(N)nn3c2NCC(Cl)C3C2CCCCCCCCC2)CC1. The van der Waals surface area contributed by atoms with E-state index >= 15 is 0 Å². The highest BCUT2D eigenvalue weighted by Gasteiger charge is 2.38. The van der Waals surface area contributed by atoms with Gasteiger partial charge in [-0.2, -0.15) is 10.2 Å². The van der Waals surface area contributed by atoms with Gasteiger partial charge >= 0.3 is 0 Å². The number of hydrogen-bond donors (Lipinski definition) is 3. The normalized spacial score (nSPS) is 23.9. The van der Waals surface area contributed by atoms with Gasteiger partial charge in [0.05, 0.1) is 36.1 Å². The van der Waals surface area contributed by atoms with Crippen molar-refractivity contribution in [3.63, 3.8) is 0 Å². The molecule has 10 nitrogen and oxygen atoms in total. The lowest BCUT2D eigenvalue weighted by Crippen LogP contribution is -2.46. The van der Waals surface area contributed by atoms with E-state index in [1.807, 2.05) is 15.8 Å². The summed E-state index contributed by atoms with van der Waals surface area (Å²) >= 11 is 6.92. The summed E-state index contributed by atoms with van der Waals surface area (Å²) in [6.45, 7) is 3.71. The van der Waals surface area contributed by atoms with Crippen molar-refractivity contribution in [1.29, 1.82) is 0 Å². The number of anilines is 4. The first-order chi connectivity index (χ1) is 18.6. The molecule has 2 aromatic heterocycles. The lowest BCUT2D eigenvalue weighted by Gasteiger charge is -2.36. The fraction of sp³-hybridized carbons (Fsp3) is 0.667. The van der Waals surface area contributed by atoms with Gasteiger partial charge < -0.3 is 26.1 Å². The van der Waals surface area contributed by atoms with E-state index in [0.29, 0.717) is 29.5 Å². The number of alkyl halides is 1. The number of nitrogens with zero attached hydrogens (tertiary/aromatic N) is 5. The molecule has 2 atom stereocenters. The number of nitrogens with one attached hydrogen (secondary N) is 2. The fourth-order valence-corrected chi connectivity index (χ4v) is 6.65. The van der Waals surface area contributed by atoms with Crippen LogP contribution in [-0.4, -0.2) is 70.9 Å². The molecule has 4 N–H and O–H groups in total. The van der Waals surface area contributed by atoms with Crippen molar-refractivity contribution >= 4 is 40.5 Å². The fourth-order valence-electron chi connectivity index (χ4n) is 6.26. The first kappa shape index (κ1) is 27.0. The van der Waals surface area contributed by atoms with Gasteiger partial charge in [-0.15, -0.1) is 11.6 Å². The van der Waals surface area contributed by atoms with Crippen molar-refractivity contribution in [2.45, 2.75) is 69.2 Å². The van der Waals surface area contributed by atoms with Gasteiger partial charge in [-0.05, 0) is 24.8 Å². The van der Waals surface area contributed by atoms with Crippen LogP contribution in [0.5, 0.6) is 0 Å². The Labute approximate surface area is 230 Å². The van der Waals surface area contributed by atoms with Crippen LogP contribution in [0, 0.1) is 5.92 Å². The van der Waals surface area contributed by atoms with Gasteiger partial charge in [0.1, 0.15) is 11.4 Å². The number of piperazine rings is 1.